The van der Waals surface area contributed by atoms with E-state index in [0.717, 1.165) is 5.56 Å². The fourth-order valence-electron chi connectivity index (χ4n) is 1.95. The van der Waals surface area contributed by atoms with Gasteiger partial charge in [-0.15, -0.1) is 0 Å². The van der Waals surface area contributed by atoms with Crippen LogP contribution in [0.2, 0.25) is 5.02 Å². The number of hydrogen-bond acceptors (Lipinski definition) is 1. The minimum absolute atomic E-state index is 0.179. The molecule has 0 radical (unpaired) electrons. The summed E-state index contributed by atoms with van der Waals surface area (Å²) in [5.74, 6) is -0.179. The molecule has 2 aromatic rings. The summed E-state index contributed by atoms with van der Waals surface area (Å²) >= 11 is 9.55. The van der Waals surface area contributed by atoms with Crippen molar-refractivity contribution < 1.29 is 4.79 Å². The predicted octanol–water partition coefficient (Wildman–Crippen LogP) is 4.38. The summed E-state index contributed by atoms with van der Waals surface area (Å²) in [6.07, 6.45) is 0. The van der Waals surface area contributed by atoms with Crippen molar-refractivity contribution in [2.24, 2.45) is 0 Å². The number of nitrogens with one attached hydrogen (secondary N) is 1. The Kier molecular flexibility index (Phi) is 4.84. The van der Waals surface area contributed by atoms with Gasteiger partial charge in [0.2, 0.25) is 0 Å². The van der Waals surface area contributed by atoms with Gasteiger partial charge in [0, 0.05) is 5.33 Å². The third-order valence-corrected chi connectivity index (χ3v) is 4.64. The molecule has 0 saturated heterocycles. The van der Waals surface area contributed by atoms with Crippen molar-refractivity contribution in [3.05, 3.63) is 70.7 Å². The van der Waals surface area contributed by atoms with E-state index >= 15 is 0 Å². The number of hydrogen-bond donors (Lipinski definition) is 1. The molecule has 1 amide bonds. The third-order valence-electron chi connectivity index (χ3n) is 3.19. The Morgan fingerprint density at radius 1 is 1.15 bits per heavy atom. The molecule has 1 unspecified atom stereocenters. The summed E-state index contributed by atoms with van der Waals surface area (Å²) in [7, 11) is 0. The number of alkyl halides is 1. The summed E-state index contributed by atoms with van der Waals surface area (Å²) in [5, 5.41) is 4.11. The standard InChI is InChI=1S/C16H15BrClNO/c1-16(11-17,12-7-3-2-4-8-12)19-15(20)13-9-5-6-10-14(13)18/h2-10H,11H2,1H3,(H,19,20). The van der Waals surface area contributed by atoms with Gasteiger partial charge in [0.1, 0.15) is 0 Å². The zero-order valence-corrected chi connectivity index (χ0v) is 13.4. The van der Waals surface area contributed by atoms with Crippen molar-refractivity contribution in [3.8, 4) is 0 Å². The third kappa shape index (κ3) is 3.22. The zero-order chi connectivity index (χ0) is 14.6. The van der Waals surface area contributed by atoms with E-state index in [1.807, 2.05) is 37.3 Å². The van der Waals surface area contributed by atoms with Crippen LogP contribution in [0.3, 0.4) is 0 Å². The normalized spacial score (nSPS) is 13.6. The van der Waals surface area contributed by atoms with Crippen molar-refractivity contribution >= 4 is 33.4 Å². The van der Waals surface area contributed by atoms with Crippen molar-refractivity contribution in [1.82, 2.24) is 5.32 Å². The summed E-state index contributed by atoms with van der Waals surface area (Å²) in [6.45, 7) is 1.98. The van der Waals surface area contributed by atoms with Gasteiger partial charge in [-0.1, -0.05) is 70.0 Å². The largest absolute Gasteiger partial charge is 0.342 e. The van der Waals surface area contributed by atoms with Crippen molar-refractivity contribution in [1.29, 1.82) is 0 Å². The summed E-state index contributed by atoms with van der Waals surface area (Å²) < 4.78 is 0. The Morgan fingerprint density at radius 3 is 2.35 bits per heavy atom. The number of benzene rings is 2. The smallest absolute Gasteiger partial charge is 0.253 e. The molecule has 0 saturated carbocycles. The maximum absolute atomic E-state index is 12.4. The summed E-state index contributed by atoms with van der Waals surface area (Å²) in [6, 6.07) is 16.9. The molecule has 2 aromatic carbocycles. The molecule has 2 nitrogen and oxygen atoms in total. The molecule has 0 fully saturated rings. The van der Waals surface area contributed by atoms with Crippen LogP contribution in [0, 0.1) is 0 Å². The average molecular weight is 353 g/mol. The highest BCUT2D eigenvalue weighted by Gasteiger charge is 2.28. The molecule has 1 atom stereocenters. The van der Waals surface area contributed by atoms with Gasteiger partial charge in [0.25, 0.3) is 5.91 Å². The molecule has 4 heteroatoms. The first-order valence-electron chi connectivity index (χ1n) is 6.25. The van der Waals surface area contributed by atoms with E-state index < -0.39 is 5.54 Å². The lowest BCUT2D eigenvalue weighted by Gasteiger charge is -2.29. The maximum atomic E-state index is 12.4. The predicted molar refractivity (Wildman–Crippen MR) is 86.5 cm³/mol. The van der Waals surface area contributed by atoms with E-state index in [1.54, 1.807) is 24.3 Å². The molecule has 0 spiro atoms. The molecule has 2 rings (SSSR count). The van der Waals surface area contributed by atoms with Gasteiger partial charge in [-0.2, -0.15) is 0 Å². The first-order valence-corrected chi connectivity index (χ1v) is 7.75. The van der Waals surface area contributed by atoms with Gasteiger partial charge in [-0.3, -0.25) is 4.79 Å². The molecule has 1 N–H and O–H groups in total. The van der Waals surface area contributed by atoms with Crippen molar-refractivity contribution in [2.45, 2.75) is 12.5 Å². The Balaban J connectivity index is 2.27. The molecular weight excluding hydrogens is 338 g/mol. The topological polar surface area (TPSA) is 29.1 Å². The molecule has 104 valence electrons. The minimum atomic E-state index is -0.489. The van der Waals surface area contributed by atoms with Gasteiger partial charge in [0.05, 0.1) is 16.1 Å². The number of carbonyl (C=O) groups excluding carboxylic acids is 1. The second-order valence-corrected chi connectivity index (χ2v) is 5.73. The van der Waals surface area contributed by atoms with Crippen LogP contribution in [0.4, 0.5) is 0 Å². The number of rotatable bonds is 4. The SMILES string of the molecule is CC(CBr)(NC(=O)c1ccccc1Cl)c1ccccc1. The van der Waals surface area contributed by atoms with Gasteiger partial charge < -0.3 is 5.32 Å². The first kappa shape index (κ1) is 15.1. The molecule has 0 aliphatic heterocycles. The highest BCUT2D eigenvalue weighted by atomic mass is 79.9. The summed E-state index contributed by atoms with van der Waals surface area (Å²) in [4.78, 5) is 12.4. The monoisotopic (exact) mass is 351 g/mol. The molecule has 20 heavy (non-hydrogen) atoms. The van der Waals surface area contributed by atoms with Crippen molar-refractivity contribution in [3.63, 3.8) is 0 Å². The Hall–Kier alpha value is -1.32. The highest BCUT2D eigenvalue weighted by Crippen LogP contribution is 2.24. The lowest BCUT2D eigenvalue weighted by molar-refractivity contribution is 0.0914. The molecule has 0 bridgehead atoms. The lowest BCUT2D eigenvalue weighted by atomic mass is 9.94. The summed E-state index contributed by atoms with van der Waals surface area (Å²) in [5.41, 5.74) is 1.03. The molecule has 0 aliphatic carbocycles. The van der Waals surface area contributed by atoms with E-state index in [2.05, 4.69) is 21.2 Å². The van der Waals surface area contributed by atoms with E-state index in [4.69, 9.17) is 11.6 Å². The van der Waals surface area contributed by atoms with Crippen molar-refractivity contribution in [2.75, 3.05) is 5.33 Å². The van der Waals surface area contributed by atoms with E-state index in [1.165, 1.54) is 0 Å². The second kappa shape index (κ2) is 6.42. The minimum Gasteiger partial charge on any atom is -0.342 e. The fourth-order valence-corrected chi connectivity index (χ4v) is 2.64. The lowest BCUT2D eigenvalue weighted by Crippen LogP contribution is -2.45. The van der Waals surface area contributed by atoms with Crippen LogP contribution in [0.1, 0.15) is 22.8 Å². The molecule has 0 aliphatic rings. The Labute approximate surface area is 132 Å². The van der Waals surface area contributed by atoms with E-state index in [-0.39, 0.29) is 5.91 Å². The van der Waals surface area contributed by atoms with E-state index in [9.17, 15) is 4.79 Å². The van der Waals surface area contributed by atoms with Crippen LogP contribution in [0.15, 0.2) is 54.6 Å². The van der Waals surface area contributed by atoms with Gasteiger partial charge in [0.15, 0.2) is 0 Å². The van der Waals surface area contributed by atoms with Crippen LogP contribution in [-0.2, 0) is 5.54 Å². The average Bonchev–Trinajstić information content (AvgIpc) is 2.48. The Bertz CT molecular complexity index is 602. The van der Waals surface area contributed by atoms with Gasteiger partial charge >= 0.3 is 0 Å². The van der Waals surface area contributed by atoms with E-state index in [0.29, 0.717) is 15.9 Å². The number of carbonyl (C=O) groups is 1. The number of amides is 1. The first-order chi connectivity index (χ1) is 9.57. The van der Waals surface area contributed by atoms with Gasteiger partial charge in [-0.05, 0) is 24.6 Å². The maximum Gasteiger partial charge on any atom is 0.253 e. The number of halogens is 2. The molecule has 0 aromatic heterocycles. The second-order valence-electron chi connectivity index (χ2n) is 4.77. The van der Waals surface area contributed by atoms with Crippen LogP contribution in [0.25, 0.3) is 0 Å². The Morgan fingerprint density at radius 2 is 1.75 bits per heavy atom. The highest BCUT2D eigenvalue weighted by molar-refractivity contribution is 9.09. The van der Waals surface area contributed by atoms with Crippen LogP contribution >= 0.6 is 27.5 Å². The quantitative estimate of drug-likeness (QED) is 0.813. The van der Waals surface area contributed by atoms with Crippen LogP contribution in [-0.4, -0.2) is 11.2 Å². The van der Waals surface area contributed by atoms with Crippen LogP contribution in [0.5, 0.6) is 0 Å². The fraction of sp³-hybridized carbons (Fsp3) is 0.188. The van der Waals surface area contributed by atoms with Gasteiger partial charge in [-0.25, -0.2) is 0 Å². The molecule has 0 heterocycles. The zero-order valence-electron chi connectivity index (χ0n) is 11.1. The molecular formula is C16H15BrClNO. The van der Waals surface area contributed by atoms with Crippen LogP contribution < -0.4 is 5.32 Å².